The molecule has 0 N–H and O–H groups in total. The van der Waals surface area contributed by atoms with Gasteiger partial charge in [-0.1, -0.05) is 38.9 Å². The summed E-state index contributed by atoms with van der Waals surface area (Å²) < 4.78 is 0. The second-order valence-corrected chi connectivity index (χ2v) is 11.0. The Bertz CT molecular complexity index is 132. The maximum absolute atomic E-state index is 2.71. The summed E-state index contributed by atoms with van der Waals surface area (Å²) in [5.74, 6) is 0. The molecule has 0 aromatic carbocycles. The van der Waals surface area contributed by atoms with Crippen LogP contribution >= 0.6 is 0 Å². The van der Waals surface area contributed by atoms with Crippen LogP contribution in [0, 0.1) is 0 Å². The summed E-state index contributed by atoms with van der Waals surface area (Å²) in [6.07, 6.45) is 8.67. The second kappa shape index (κ2) is 5.16. The van der Waals surface area contributed by atoms with Crippen molar-refractivity contribution in [1.29, 1.82) is 0 Å². The number of hydrogen-bond acceptors (Lipinski definition) is 1. The van der Waals surface area contributed by atoms with Gasteiger partial charge in [0.2, 0.25) is 0 Å². The third-order valence-corrected chi connectivity index (χ3v) is 4.04. The normalized spacial score (nSPS) is 22.4. The lowest BCUT2D eigenvalue weighted by Crippen LogP contribution is -2.41. The Balaban J connectivity index is 2.29. The molecule has 0 unspecified atom stereocenters. The van der Waals surface area contributed by atoms with Crippen LogP contribution in [0.4, 0.5) is 0 Å². The molecule has 78 valence electrons. The van der Waals surface area contributed by atoms with Gasteiger partial charge < -0.3 is 4.90 Å². The Morgan fingerprint density at radius 2 is 1.31 bits per heavy atom. The standard InChI is InChI=1S/C11H25NSi/c1-13(2,3)11-12-9-7-5-4-6-8-10-12/h4-11H2,1-3H3. The fourth-order valence-corrected chi connectivity index (χ4v) is 3.80. The summed E-state index contributed by atoms with van der Waals surface area (Å²) in [5.41, 5.74) is 0. The fourth-order valence-electron chi connectivity index (χ4n) is 2.14. The molecule has 0 spiro atoms. The zero-order valence-corrected chi connectivity index (χ0v) is 10.6. The van der Waals surface area contributed by atoms with E-state index in [4.69, 9.17) is 0 Å². The van der Waals surface area contributed by atoms with E-state index in [9.17, 15) is 0 Å². The van der Waals surface area contributed by atoms with Gasteiger partial charge in [-0.2, -0.15) is 0 Å². The van der Waals surface area contributed by atoms with E-state index in [0.29, 0.717) is 0 Å². The smallest absolute Gasteiger partial charge is 0.0599 e. The van der Waals surface area contributed by atoms with E-state index < -0.39 is 8.07 Å². The van der Waals surface area contributed by atoms with Crippen LogP contribution in [0.15, 0.2) is 0 Å². The maximum Gasteiger partial charge on any atom is 0.0599 e. The Morgan fingerprint density at radius 3 is 1.77 bits per heavy atom. The van der Waals surface area contributed by atoms with Gasteiger partial charge in [0.25, 0.3) is 0 Å². The van der Waals surface area contributed by atoms with Crippen molar-refractivity contribution in [2.45, 2.75) is 51.7 Å². The minimum atomic E-state index is -0.858. The van der Waals surface area contributed by atoms with Gasteiger partial charge in [-0.25, -0.2) is 0 Å². The molecule has 13 heavy (non-hydrogen) atoms. The van der Waals surface area contributed by atoms with Crippen LogP contribution in [-0.2, 0) is 0 Å². The lowest BCUT2D eigenvalue weighted by Gasteiger charge is -2.30. The van der Waals surface area contributed by atoms with Crippen molar-refractivity contribution in [2.75, 3.05) is 19.3 Å². The molecule has 1 aliphatic heterocycles. The summed E-state index contributed by atoms with van der Waals surface area (Å²) in [4.78, 5) is 2.71. The van der Waals surface area contributed by atoms with Crippen molar-refractivity contribution in [3.05, 3.63) is 0 Å². The lowest BCUT2D eigenvalue weighted by atomic mass is 10.1. The molecule has 2 heteroatoms. The van der Waals surface area contributed by atoms with E-state index in [0.717, 1.165) is 0 Å². The molecule has 0 radical (unpaired) electrons. The Kier molecular flexibility index (Phi) is 4.46. The summed E-state index contributed by atoms with van der Waals surface area (Å²) in [5, 5.41) is 0. The molecule has 0 aromatic rings. The molecule has 0 bridgehead atoms. The van der Waals surface area contributed by atoms with Gasteiger partial charge >= 0.3 is 0 Å². The summed E-state index contributed by atoms with van der Waals surface area (Å²) >= 11 is 0. The van der Waals surface area contributed by atoms with Crippen LogP contribution in [0.1, 0.15) is 32.1 Å². The molecule has 1 saturated heterocycles. The summed E-state index contributed by atoms with van der Waals surface area (Å²) in [6.45, 7) is 10.2. The van der Waals surface area contributed by atoms with Crippen LogP contribution < -0.4 is 0 Å². The Labute approximate surface area is 84.5 Å². The van der Waals surface area contributed by atoms with Crippen LogP contribution in [0.3, 0.4) is 0 Å². The van der Waals surface area contributed by atoms with Crippen LogP contribution in [0.2, 0.25) is 19.6 Å². The zero-order chi connectivity index (χ0) is 9.73. The molecule has 1 fully saturated rings. The predicted octanol–water partition coefficient (Wildman–Crippen LogP) is 3.13. The topological polar surface area (TPSA) is 3.24 Å². The molecule has 0 atom stereocenters. The first kappa shape index (κ1) is 11.3. The third-order valence-electron chi connectivity index (χ3n) is 2.65. The first-order chi connectivity index (χ1) is 6.08. The van der Waals surface area contributed by atoms with E-state index in [1.165, 1.54) is 51.4 Å². The average molecular weight is 199 g/mol. The molecule has 1 heterocycles. The number of likely N-dealkylation sites (tertiary alicyclic amines) is 1. The molecular weight excluding hydrogens is 174 g/mol. The van der Waals surface area contributed by atoms with Gasteiger partial charge in [-0.3, -0.25) is 0 Å². The highest BCUT2D eigenvalue weighted by Gasteiger charge is 2.18. The monoisotopic (exact) mass is 199 g/mol. The van der Waals surface area contributed by atoms with Gasteiger partial charge in [-0.15, -0.1) is 0 Å². The van der Waals surface area contributed by atoms with Crippen molar-refractivity contribution in [2.24, 2.45) is 0 Å². The molecule has 1 rings (SSSR count). The maximum atomic E-state index is 2.71. The SMILES string of the molecule is C[Si](C)(C)CN1CCCCCCC1. The number of rotatable bonds is 2. The highest BCUT2D eigenvalue weighted by atomic mass is 28.3. The van der Waals surface area contributed by atoms with E-state index >= 15 is 0 Å². The van der Waals surface area contributed by atoms with Gasteiger partial charge in [0.1, 0.15) is 0 Å². The predicted molar refractivity (Wildman–Crippen MR) is 62.9 cm³/mol. The Morgan fingerprint density at radius 1 is 0.846 bits per heavy atom. The minimum Gasteiger partial charge on any atom is -0.306 e. The van der Waals surface area contributed by atoms with Crippen molar-refractivity contribution >= 4 is 8.07 Å². The van der Waals surface area contributed by atoms with Crippen molar-refractivity contribution in [1.82, 2.24) is 4.90 Å². The van der Waals surface area contributed by atoms with E-state index in [2.05, 4.69) is 24.5 Å². The average Bonchev–Trinajstić information content (AvgIpc) is 1.92. The molecule has 1 nitrogen and oxygen atoms in total. The van der Waals surface area contributed by atoms with Gasteiger partial charge in [-0.05, 0) is 32.1 Å². The Hall–Kier alpha value is 0.177. The highest BCUT2D eigenvalue weighted by Crippen LogP contribution is 2.12. The molecule has 0 aromatic heterocycles. The van der Waals surface area contributed by atoms with Gasteiger partial charge in [0, 0.05) is 0 Å². The van der Waals surface area contributed by atoms with Gasteiger partial charge in [0.15, 0.2) is 0 Å². The van der Waals surface area contributed by atoms with Gasteiger partial charge in [0.05, 0.1) is 8.07 Å². The fraction of sp³-hybridized carbons (Fsp3) is 1.00. The quantitative estimate of drug-likeness (QED) is 0.618. The second-order valence-electron chi connectivity index (χ2n) is 5.60. The summed E-state index contributed by atoms with van der Waals surface area (Å²) in [6, 6.07) is 0. The van der Waals surface area contributed by atoms with E-state index in [1.54, 1.807) is 0 Å². The van der Waals surface area contributed by atoms with E-state index in [-0.39, 0.29) is 0 Å². The van der Waals surface area contributed by atoms with Crippen molar-refractivity contribution in [3.63, 3.8) is 0 Å². The largest absolute Gasteiger partial charge is 0.306 e. The molecule has 0 saturated carbocycles. The highest BCUT2D eigenvalue weighted by molar-refractivity contribution is 6.76. The van der Waals surface area contributed by atoms with Crippen LogP contribution in [0.25, 0.3) is 0 Å². The van der Waals surface area contributed by atoms with E-state index in [1.807, 2.05) is 0 Å². The van der Waals surface area contributed by atoms with Crippen molar-refractivity contribution in [3.8, 4) is 0 Å². The lowest BCUT2D eigenvalue weighted by molar-refractivity contribution is 0.279. The van der Waals surface area contributed by atoms with Crippen molar-refractivity contribution < 1.29 is 0 Å². The molecule has 0 amide bonds. The first-order valence-corrected chi connectivity index (χ1v) is 9.51. The number of nitrogens with zero attached hydrogens (tertiary/aromatic N) is 1. The zero-order valence-electron chi connectivity index (χ0n) is 9.60. The minimum absolute atomic E-state index is 0.858. The molecular formula is C11H25NSi. The van der Waals surface area contributed by atoms with Crippen LogP contribution in [0.5, 0.6) is 0 Å². The molecule has 0 aliphatic carbocycles. The number of hydrogen-bond donors (Lipinski definition) is 0. The summed E-state index contributed by atoms with van der Waals surface area (Å²) in [7, 11) is -0.858. The third kappa shape index (κ3) is 5.48. The van der Waals surface area contributed by atoms with Crippen LogP contribution in [-0.4, -0.2) is 32.2 Å². The molecule has 1 aliphatic rings. The first-order valence-electron chi connectivity index (χ1n) is 5.80.